The molecular weight excluding hydrogens is 394 g/mol. The smallest absolute Gasteiger partial charge is 0.329 e. The molecular formula is C21H20B2N4O4. The van der Waals surface area contributed by atoms with Gasteiger partial charge in [0.25, 0.3) is 5.56 Å². The molecule has 8 nitrogen and oxygen atoms in total. The molecule has 0 spiro atoms. The number of nitrogens with one attached hydrogen (secondary N) is 1. The minimum Gasteiger partial charge on any atom is -0.494 e. The van der Waals surface area contributed by atoms with Crippen molar-refractivity contribution in [1.82, 2.24) is 19.7 Å². The van der Waals surface area contributed by atoms with E-state index in [0.717, 1.165) is 16.7 Å². The normalized spacial score (nSPS) is 12.5. The molecule has 0 amide bonds. The Morgan fingerprint density at radius 1 is 1.23 bits per heavy atom. The average molecular weight is 414 g/mol. The molecule has 0 saturated carbocycles. The van der Waals surface area contributed by atoms with E-state index in [-0.39, 0.29) is 11.6 Å². The van der Waals surface area contributed by atoms with Gasteiger partial charge in [0.05, 0.1) is 29.5 Å². The molecule has 0 aliphatic carbocycles. The molecule has 2 heterocycles. The van der Waals surface area contributed by atoms with Gasteiger partial charge < -0.3 is 9.84 Å². The number of hydrogen-bond acceptors (Lipinski definition) is 5. The van der Waals surface area contributed by atoms with Crippen LogP contribution in [0, 0.1) is 0 Å². The van der Waals surface area contributed by atoms with Crippen molar-refractivity contribution >= 4 is 32.6 Å². The molecule has 1 atom stereocenters. The number of carboxylic acid groups (broad SMARTS) is 1. The van der Waals surface area contributed by atoms with Crippen LogP contribution in [0.2, 0.25) is 0 Å². The molecule has 154 valence electrons. The summed E-state index contributed by atoms with van der Waals surface area (Å²) in [6, 6.07) is 12.3. The quantitative estimate of drug-likeness (QED) is 0.452. The highest BCUT2D eigenvalue weighted by molar-refractivity contribution is 6.49. The van der Waals surface area contributed by atoms with E-state index in [9.17, 15) is 14.7 Å². The number of H-pyrrole nitrogens is 1. The molecule has 2 N–H and O–H groups in total. The van der Waals surface area contributed by atoms with Crippen LogP contribution < -0.4 is 10.3 Å². The third kappa shape index (κ3) is 3.96. The molecule has 2 aromatic carbocycles. The van der Waals surface area contributed by atoms with E-state index < -0.39 is 11.4 Å². The molecule has 0 unspecified atom stereocenters. The Balaban J connectivity index is 1.72. The first-order valence-corrected chi connectivity index (χ1v) is 9.79. The fraction of sp³-hybridized carbons (Fsp3) is 0.143. The Morgan fingerprint density at radius 2 is 2.03 bits per heavy atom. The fourth-order valence-electron chi connectivity index (χ4n) is 3.34. The topological polar surface area (TPSA) is 110 Å². The predicted octanol–water partition coefficient (Wildman–Crippen LogP) is 0.779. The number of aromatic nitrogens is 4. The van der Waals surface area contributed by atoms with E-state index in [1.807, 2.05) is 31.2 Å². The summed E-state index contributed by atoms with van der Waals surface area (Å²) in [7, 11) is 2.97. The van der Waals surface area contributed by atoms with E-state index in [0.29, 0.717) is 16.7 Å². The summed E-state index contributed by atoms with van der Waals surface area (Å²) >= 11 is 0. The van der Waals surface area contributed by atoms with Gasteiger partial charge in [0.2, 0.25) is 0 Å². The van der Waals surface area contributed by atoms with Crippen LogP contribution in [-0.4, -0.2) is 51.9 Å². The van der Waals surface area contributed by atoms with Crippen molar-refractivity contribution in [2.75, 3.05) is 0 Å². The van der Waals surface area contributed by atoms with Gasteiger partial charge in [0.1, 0.15) is 11.1 Å². The molecule has 4 aromatic rings. The van der Waals surface area contributed by atoms with Crippen LogP contribution in [-0.2, 0) is 4.79 Å². The van der Waals surface area contributed by atoms with Gasteiger partial charge in [-0.2, -0.15) is 5.10 Å². The fourth-order valence-corrected chi connectivity index (χ4v) is 3.34. The van der Waals surface area contributed by atoms with Crippen LogP contribution in [0.15, 0.2) is 66.0 Å². The molecule has 0 saturated heterocycles. The van der Waals surface area contributed by atoms with E-state index >= 15 is 0 Å². The maximum atomic E-state index is 13.3. The number of ether oxygens (including phenoxy) is 1. The Bertz CT molecular complexity index is 1320. The van der Waals surface area contributed by atoms with Crippen LogP contribution in [0.3, 0.4) is 0 Å². The zero-order valence-corrected chi connectivity index (χ0v) is 17.4. The summed E-state index contributed by atoms with van der Waals surface area (Å²) < 4.78 is 7.19. The number of carbonyl (C=O) groups is 1. The minimum atomic E-state index is -1.37. The number of rotatable bonds is 6. The number of nitrogens with zero attached hydrogens (tertiary/aromatic N) is 3. The largest absolute Gasteiger partial charge is 0.494 e. The highest BCUT2D eigenvalue weighted by Gasteiger charge is 2.29. The van der Waals surface area contributed by atoms with Crippen LogP contribution in [0.25, 0.3) is 22.0 Å². The third-order valence-electron chi connectivity index (χ3n) is 5.26. The monoisotopic (exact) mass is 414 g/mol. The molecule has 31 heavy (non-hydrogen) atoms. The summed E-state index contributed by atoms with van der Waals surface area (Å²) in [5, 5.41) is 15.2. The number of hydrogen-bond donors (Lipinski definition) is 2. The Morgan fingerprint density at radius 3 is 2.74 bits per heavy atom. The summed E-state index contributed by atoms with van der Waals surface area (Å²) in [4.78, 5) is 29.1. The first-order chi connectivity index (χ1) is 14.8. The van der Waals surface area contributed by atoms with Crippen molar-refractivity contribution in [2.24, 2.45) is 0 Å². The lowest BCUT2D eigenvalue weighted by Crippen LogP contribution is -2.45. The van der Waals surface area contributed by atoms with Crippen LogP contribution in [0.5, 0.6) is 5.75 Å². The van der Waals surface area contributed by atoms with Gasteiger partial charge in [-0.1, -0.05) is 18.2 Å². The summed E-state index contributed by atoms with van der Waals surface area (Å²) in [6.07, 6.45) is 4.99. The van der Waals surface area contributed by atoms with E-state index in [1.165, 1.54) is 22.0 Å². The van der Waals surface area contributed by atoms with Crippen LogP contribution >= 0.6 is 0 Å². The maximum Gasteiger partial charge on any atom is 0.329 e. The summed E-state index contributed by atoms with van der Waals surface area (Å²) in [5.41, 5.74) is 3.00. The van der Waals surface area contributed by atoms with E-state index in [2.05, 4.69) is 15.2 Å². The number of benzene rings is 2. The van der Waals surface area contributed by atoms with Gasteiger partial charge in [-0.25, -0.2) is 9.78 Å². The standard InChI is InChI=1S/C21H20B2N4O4/c1-12(13-3-2-4-16(7-13)31-21(22,23)20(29)30)27-11-24-18-6-5-14(8-17(18)19(27)28)15-9-25-26-10-15/h2-12H,22-23H2,1H3,(H,25,26)(H,29,30)/t12-/m1/s1. The van der Waals surface area contributed by atoms with Crippen molar-refractivity contribution in [3.8, 4) is 16.9 Å². The van der Waals surface area contributed by atoms with Crippen LogP contribution in [0.4, 0.5) is 0 Å². The Hall–Kier alpha value is -3.81. The van der Waals surface area contributed by atoms with Gasteiger partial charge >= 0.3 is 5.97 Å². The zero-order chi connectivity index (χ0) is 22.2. The zero-order valence-electron chi connectivity index (χ0n) is 17.4. The summed E-state index contributed by atoms with van der Waals surface area (Å²) in [6.45, 7) is 1.89. The summed E-state index contributed by atoms with van der Waals surface area (Å²) in [5.74, 6) is -0.643. The lowest BCUT2D eigenvalue weighted by Gasteiger charge is -2.23. The molecule has 2 aromatic heterocycles. The highest BCUT2D eigenvalue weighted by atomic mass is 16.5. The average Bonchev–Trinajstić information content (AvgIpc) is 3.28. The number of carboxylic acids is 1. The SMILES string of the molecule is BC(B)(Oc1cccc([C@@H](C)n2cnc3ccc(-c4cn[nH]c4)cc3c2=O)c1)C(=O)O. The molecule has 0 aliphatic rings. The molecule has 0 aliphatic heterocycles. The van der Waals surface area contributed by atoms with Gasteiger partial charge in [0, 0.05) is 11.8 Å². The van der Waals surface area contributed by atoms with Gasteiger partial charge in [0.15, 0.2) is 15.7 Å². The second-order valence-corrected chi connectivity index (χ2v) is 7.84. The third-order valence-corrected chi connectivity index (χ3v) is 5.26. The van der Waals surface area contributed by atoms with Crippen molar-refractivity contribution in [1.29, 1.82) is 0 Å². The Labute approximate surface area is 179 Å². The van der Waals surface area contributed by atoms with Gasteiger partial charge in [-0.15, -0.1) is 0 Å². The lowest BCUT2D eigenvalue weighted by molar-refractivity contribution is -0.143. The second kappa shape index (κ2) is 7.79. The number of fused-ring (bicyclic) bond motifs is 1. The molecule has 0 bridgehead atoms. The lowest BCUT2D eigenvalue weighted by atomic mass is 9.65. The molecule has 0 radical (unpaired) electrons. The maximum absolute atomic E-state index is 13.3. The number of aliphatic carboxylic acids is 1. The van der Waals surface area contributed by atoms with Crippen molar-refractivity contribution < 1.29 is 14.6 Å². The Kier molecular flexibility index (Phi) is 5.14. The predicted molar refractivity (Wildman–Crippen MR) is 122 cm³/mol. The first-order valence-electron chi connectivity index (χ1n) is 9.79. The molecule has 0 fully saturated rings. The number of aromatic amines is 1. The van der Waals surface area contributed by atoms with E-state index in [1.54, 1.807) is 35.2 Å². The molecule has 4 rings (SSSR count). The second-order valence-electron chi connectivity index (χ2n) is 7.84. The van der Waals surface area contributed by atoms with Gasteiger partial charge in [-0.05, 0) is 42.3 Å². The van der Waals surface area contributed by atoms with Crippen LogP contribution in [0.1, 0.15) is 18.5 Å². The van der Waals surface area contributed by atoms with Crippen molar-refractivity contribution in [3.63, 3.8) is 0 Å². The minimum absolute atomic E-state index is 0.167. The molecule has 10 heteroatoms. The highest BCUT2D eigenvalue weighted by Crippen LogP contribution is 2.25. The van der Waals surface area contributed by atoms with E-state index in [4.69, 9.17) is 4.74 Å². The van der Waals surface area contributed by atoms with Crippen molar-refractivity contribution in [2.45, 2.75) is 18.4 Å². The van der Waals surface area contributed by atoms with Gasteiger partial charge in [-0.3, -0.25) is 14.5 Å². The first kappa shape index (κ1) is 20.5. The van der Waals surface area contributed by atoms with Crippen molar-refractivity contribution in [3.05, 3.63) is 77.1 Å².